The molecule has 1 nitrogen and oxygen atoms in total. The molecule has 0 aromatic rings. The first-order valence-corrected chi connectivity index (χ1v) is 11.4. The highest BCUT2D eigenvalue weighted by Gasteiger charge is 2.60. The van der Waals surface area contributed by atoms with Crippen LogP contribution in [0.25, 0.3) is 0 Å². The van der Waals surface area contributed by atoms with E-state index in [2.05, 4.69) is 91.8 Å². The Kier molecular flexibility index (Phi) is 3.66. The van der Waals surface area contributed by atoms with Gasteiger partial charge in [-0.1, -0.05) is 91.8 Å². The number of fused-ring (bicyclic) bond motifs is 1. The Balaban J connectivity index is 1.93. The summed E-state index contributed by atoms with van der Waals surface area (Å²) in [6.45, 7) is 18.5. The molecule has 0 unspecified atom stereocenters. The maximum Gasteiger partial charge on any atom is 0.163 e. The van der Waals surface area contributed by atoms with Gasteiger partial charge in [0.1, 0.15) is 0 Å². The van der Waals surface area contributed by atoms with E-state index in [0.29, 0.717) is 12.2 Å². The van der Waals surface area contributed by atoms with E-state index in [1.807, 2.05) is 0 Å². The molecular weight excluding hydrogens is 364 g/mol. The number of ketones is 1. The number of rotatable bonds is 0. The molecule has 5 rings (SSSR count). The molecule has 5 aliphatic carbocycles. The Bertz CT molecular complexity index is 1120. The van der Waals surface area contributed by atoms with Crippen LogP contribution in [-0.4, -0.2) is 5.78 Å². The van der Waals surface area contributed by atoms with E-state index in [1.54, 1.807) is 0 Å². The standard InChI is InChI=1S/C29H34O/c1-26(2,3)19-13-17-9-10-18-14-20(27(4,5)6)16-23-25-21(11-12-24(25)30)22(15-19)28(17,7)29(18,23)8/h9-10,13-16H,11-12H2,1-8H3/t28-,29-/m1/s1. The van der Waals surface area contributed by atoms with Crippen LogP contribution < -0.4 is 0 Å². The summed E-state index contributed by atoms with van der Waals surface area (Å²) in [5.41, 5.74) is 10.2. The molecule has 0 heterocycles. The normalized spacial score (nSPS) is 32.5. The van der Waals surface area contributed by atoms with Crippen molar-refractivity contribution < 1.29 is 4.79 Å². The minimum atomic E-state index is -0.212. The van der Waals surface area contributed by atoms with Gasteiger partial charge in [0.15, 0.2) is 5.78 Å². The SMILES string of the molecule is CC(C)(C)C1=CC2=C3CCC(=O)C3=C3C=C(C(C)(C)C)C=C4C=CC(=C1)[C@@]2(C)[C@]43C. The summed E-state index contributed by atoms with van der Waals surface area (Å²) in [5, 5.41) is 0. The molecule has 0 aliphatic heterocycles. The number of carbonyl (C=O) groups excluding carboxylic acids is 1. The summed E-state index contributed by atoms with van der Waals surface area (Å²) in [5.74, 6) is 0.331. The average molecular weight is 399 g/mol. The van der Waals surface area contributed by atoms with Gasteiger partial charge < -0.3 is 0 Å². The second-order valence-electron chi connectivity index (χ2n) is 12.1. The van der Waals surface area contributed by atoms with Gasteiger partial charge in [-0.05, 0) is 56.3 Å². The Morgan fingerprint density at radius 2 is 1.17 bits per heavy atom. The van der Waals surface area contributed by atoms with E-state index in [0.717, 1.165) is 12.0 Å². The van der Waals surface area contributed by atoms with Crippen molar-refractivity contribution >= 4 is 5.78 Å². The third-order valence-corrected chi connectivity index (χ3v) is 8.41. The zero-order valence-corrected chi connectivity index (χ0v) is 19.8. The van der Waals surface area contributed by atoms with Crippen molar-refractivity contribution in [3.63, 3.8) is 0 Å². The lowest BCUT2D eigenvalue weighted by atomic mass is 9.44. The van der Waals surface area contributed by atoms with Gasteiger partial charge in [0.2, 0.25) is 0 Å². The second-order valence-corrected chi connectivity index (χ2v) is 12.1. The number of hydrogen-bond acceptors (Lipinski definition) is 1. The van der Waals surface area contributed by atoms with Gasteiger partial charge in [-0.2, -0.15) is 0 Å². The third kappa shape index (κ3) is 2.22. The molecule has 30 heavy (non-hydrogen) atoms. The predicted molar refractivity (Wildman–Crippen MR) is 125 cm³/mol. The smallest absolute Gasteiger partial charge is 0.163 e. The van der Waals surface area contributed by atoms with E-state index in [1.165, 1.54) is 39.0 Å². The van der Waals surface area contributed by atoms with Gasteiger partial charge >= 0.3 is 0 Å². The van der Waals surface area contributed by atoms with Crippen LogP contribution in [0, 0.1) is 21.7 Å². The summed E-state index contributed by atoms with van der Waals surface area (Å²) in [6.07, 6.45) is 15.8. The molecule has 0 spiro atoms. The van der Waals surface area contributed by atoms with E-state index in [4.69, 9.17) is 0 Å². The molecule has 0 aromatic carbocycles. The fraction of sp³-hybridized carbons (Fsp3) is 0.483. The van der Waals surface area contributed by atoms with Gasteiger partial charge in [-0.15, -0.1) is 0 Å². The summed E-state index contributed by atoms with van der Waals surface area (Å²) in [4.78, 5) is 13.2. The summed E-state index contributed by atoms with van der Waals surface area (Å²) in [6, 6.07) is 0. The lowest BCUT2D eigenvalue weighted by Gasteiger charge is -2.58. The molecule has 5 aliphatic rings. The van der Waals surface area contributed by atoms with Crippen LogP contribution in [-0.2, 0) is 4.79 Å². The van der Waals surface area contributed by atoms with Crippen molar-refractivity contribution in [2.45, 2.75) is 68.2 Å². The van der Waals surface area contributed by atoms with E-state index >= 15 is 0 Å². The van der Waals surface area contributed by atoms with Crippen molar-refractivity contribution in [3.8, 4) is 0 Å². The van der Waals surface area contributed by atoms with Crippen LogP contribution in [0.1, 0.15) is 68.2 Å². The first-order chi connectivity index (χ1) is 13.8. The molecule has 0 N–H and O–H groups in total. The molecule has 156 valence electrons. The average Bonchev–Trinajstić information content (AvgIpc) is 3.00. The summed E-state index contributed by atoms with van der Waals surface area (Å²) < 4.78 is 0. The van der Waals surface area contributed by atoms with Gasteiger partial charge in [0.05, 0.1) is 0 Å². The largest absolute Gasteiger partial charge is 0.294 e. The van der Waals surface area contributed by atoms with Gasteiger partial charge in [0, 0.05) is 22.8 Å². The van der Waals surface area contributed by atoms with Crippen LogP contribution in [0.4, 0.5) is 0 Å². The van der Waals surface area contributed by atoms with Gasteiger partial charge in [-0.3, -0.25) is 4.79 Å². The Morgan fingerprint density at radius 1 is 0.700 bits per heavy atom. The molecular formula is C29H34O. The van der Waals surface area contributed by atoms with Crippen LogP contribution in [0.5, 0.6) is 0 Å². The Hall–Kier alpha value is -2.15. The number of Topliss-reactive ketones (excluding diaryl/α,β-unsaturated/α-hetero) is 1. The fourth-order valence-electron chi connectivity index (χ4n) is 6.16. The second kappa shape index (κ2) is 5.55. The van der Waals surface area contributed by atoms with Gasteiger partial charge in [-0.25, -0.2) is 0 Å². The van der Waals surface area contributed by atoms with Crippen molar-refractivity contribution in [1.29, 1.82) is 0 Å². The zero-order valence-electron chi connectivity index (χ0n) is 19.8. The highest BCUT2D eigenvalue weighted by Crippen LogP contribution is 2.69. The molecule has 2 atom stereocenters. The van der Waals surface area contributed by atoms with E-state index in [-0.39, 0.29) is 21.7 Å². The van der Waals surface area contributed by atoms with Crippen LogP contribution >= 0.6 is 0 Å². The van der Waals surface area contributed by atoms with Crippen molar-refractivity contribution in [1.82, 2.24) is 0 Å². The Morgan fingerprint density at radius 3 is 1.67 bits per heavy atom. The quantitative estimate of drug-likeness (QED) is 0.416. The number of hydrogen-bond donors (Lipinski definition) is 0. The first-order valence-electron chi connectivity index (χ1n) is 11.4. The lowest BCUT2D eigenvalue weighted by Crippen LogP contribution is -2.49. The molecule has 1 fully saturated rings. The molecule has 1 saturated carbocycles. The highest BCUT2D eigenvalue weighted by atomic mass is 16.1. The molecule has 0 aromatic heterocycles. The summed E-state index contributed by atoms with van der Waals surface area (Å²) in [7, 11) is 0. The topological polar surface area (TPSA) is 17.1 Å². The third-order valence-electron chi connectivity index (χ3n) is 8.41. The predicted octanol–water partition coefficient (Wildman–Crippen LogP) is 7.36. The molecule has 1 heteroatoms. The van der Waals surface area contributed by atoms with Crippen LogP contribution in [0.3, 0.4) is 0 Å². The molecule has 0 bridgehead atoms. The summed E-state index contributed by atoms with van der Waals surface area (Å²) >= 11 is 0. The minimum absolute atomic E-state index is 0.0461. The van der Waals surface area contributed by atoms with Gasteiger partial charge in [0.25, 0.3) is 0 Å². The maximum absolute atomic E-state index is 13.2. The maximum atomic E-state index is 13.2. The lowest BCUT2D eigenvalue weighted by molar-refractivity contribution is -0.114. The van der Waals surface area contributed by atoms with Crippen molar-refractivity contribution in [2.75, 3.05) is 0 Å². The van der Waals surface area contributed by atoms with Crippen molar-refractivity contribution in [2.24, 2.45) is 21.7 Å². The van der Waals surface area contributed by atoms with E-state index in [9.17, 15) is 4.79 Å². The fourth-order valence-corrected chi connectivity index (χ4v) is 6.16. The highest BCUT2D eigenvalue weighted by molar-refractivity contribution is 6.06. The Labute approximate surface area is 181 Å². The van der Waals surface area contributed by atoms with Crippen LogP contribution in [0.15, 0.2) is 81.0 Å². The minimum Gasteiger partial charge on any atom is -0.294 e. The zero-order chi connectivity index (χ0) is 21.9. The van der Waals surface area contributed by atoms with Crippen molar-refractivity contribution in [3.05, 3.63) is 81.0 Å². The first kappa shape index (κ1) is 19.8. The molecule has 0 radical (unpaired) electrons. The number of allylic oxidation sites excluding steroid dienone is 14. The van der Waals surface area contributed by atoms with Crippen LogP contribution in [0.2, 0.25) is 0 Å². The monoisotopic (exact) mass is 398 g/mol. The molecule has 0 saturated heterocycles. The molecule has 0 amide bonds. The van der Waals surface area contributed by atoms with E-state index < -0.39 is 0 Å². The number of carbonyl (C=O) groups is 1.